The van der Waals surface area contributed by atoms with Crippen molar-refractivity contribution >= 4 is 17.9 Å². The minimum absolute atomic E-state index is 0.0437. The third kappa shape index (κ3) is 3.44. The monoisotopic (exact) mass is 277 g/mol. The molecule has 1 aliphatic rings. The van der Waals surface area contributed by atoms with Gasteiger partial charge >= 0.3 is 5.97 Å². The summed E-state index contributed by atoms with van der Waals surface area (Å²) < 4.78 is 18.5. The van der Waals surface area contributed by atoms with Crippen LogP contribution in [-0.2, 0) is 9.53 Å². The highest BCUT2D eigenvalue weighted by atomic mass is 19.1. The molecule has 0 spiro atoms. The molecule has 1 N–H and O–H groups in total. The van der Waals surface area contributed by atoms with E-state index in [2.05, 4.69) is 4.99 Å². The quantitative estimate of drug-likeness (QED) is 0.389. The van der Waals surface area contributed by atoms with Crippen molar-refractivity contribution in [3.8, 4) is 0 Å². The molecule has 106 valence electrons. The van der Waals surface area contributed by atoms with Gasteiger partial charge in [0.15, 0.2) is 0 Å². The summed E-state index contributed by atoms with van der Waals surface area (Å²) in [7, 11) is 0. The maximum Gasteiger partial charge on any atom is 0.343 e. The molecular weight excluding hydrogens is 261 g/mol. The van der Waals surface area contributed by atoms with E-state index in [0.717, 1.165) is 12.8 Å². The van der Waals surface area contributed by atoms with Crippen LogP contribution in [0.4, 0.5) is 4.39 Å². The van der Waals surface area contributed by atoms with Crippen LogP contribution in [0.15, 0.2) is 34.8 Å². The zero-order valence-electron chi connectivity index (χ0n) is 11.2. The van der Waals surface area contributed by atoms with Gasteiger partial charge in [-0.15, -0.1) is 0 Å². The molecular formula is C15H16FNO3. The summed E-state index contributed by atoms with van der Waals surface area (Å²) in [4.78, 5) is 16.0. The molecule has 0 heterocycles. The second-order valence-electron chi connectivity index (χ2n) is 4.47. The Morgan fingerprint density at radius 1 is 1.50 bits per heavy atom. The zero-order chi connectivity index (χ0) is 14.5. The number of benzene rings is 1. The van der Waals surface area contributed by atoms with Crippen molar-refractivity contribution in [2.75, 3.05) is 6.61 Å². The maximum absolute atomic E-state index is 13.7. The summed E-state index contributed by atoms with van der Waals surface area (Å²) in [6, 6.07) is 5.89. The lowest BCUT2D eigenvalue weighted by atomic mass is 10.1. The first-order valence-corrected chi connectivity index (χ1v) is 6.52. The number of rotatable bonds is 5. The van der Waals surface area contributed by atoms with Crippen LogP contribution >= 0.6 is 0 Å². The number of aliphatic hydroxyl groups is 1. The normalized spacial score (nSPS) is 16.1. The Labute approximate surface area is 116 Å². The number of hydrogen-bond acceptors (Lipinski definition) is 4. The summed E-state index contributed by atoms with van der Waals surface area (Å²) in [6.07, 6.45) is 3.21. The second kappa shape index (κ2) is 6.32. The van der Waals surface area contributed by atoms with Gasteiger partial charge in [0.2, 0.25) is 0 Å². The molecule has 0 radical (unpaired) electrons. The third-order valence-corrected chi connectivity index (χ3v) is 2.84. The average Bonchev–Trinajstić information content (AvgIpc) is 3.23. The van der Waals surface area contributed by atoms with Crippen LogP contribution in [0.2, 0.25) is 0 Å². The van der Waals surface area contributed by atoms with E-state index in [4.69, 9.17) is 4.74 Å². The number of aliphatic imine (C=N–C) groups is 1. The van der Waals surface area contributed by atoms with Crippen molar-refractivity contribution in [1.82, 2.24) is 0 Å². The Bertz CT molecular complexity index is 562. The van der Waals surface area contributed by atoms with Crippen LogP contribution in [0.1, 0.15) is 25.3 Å². The molecule has 0 aromatic heterocycles. The highest BCUT2D eigenvalue weighted by Crippen LogP contribution is 2.24. The van der Waals surface area contributed by atoms with E-state index in [-0.39, 0.29) is 23.8 Å². The van der Waals surface area contributed by atoms with Crippen LogP contribution < -0.4 is 0 Å². The van der Waals surface area contributed by atoms with Gasteiger partial charge in [0.1, 0.15) is 17.1 Å². The van der Waals surface area contributed by atoms with E-state index >= 15 is 0 Å². The summed E-state index contributed by atoms with van der Waals surface area (Å²) in [5.74, 6) is -1.77. The lowest BCUT2D eigenvalue weighted by Gasteiger charge is -2.07. The SMILES string of the molecule is CCOC(=O)/C(C=NC1CC1)=C(\O)c1ccccc1F. The van der Waals surface area contributed by atoms with Gasteiger partial charge in [0.05, 0.1) is 18.2 Å². The molecule has 0 amide bonds. The van der Waals surface area contributed by atoms with E-state index in [0.29, 0.717) is 0 Å². The molecule has 0 bridgehead atoms. The van der Waals surface area contributed by atoms with E-state index < -0.39 is 17.5 Å². The maximum atomic E-state index is 13.7. The molecule has 0 aliphatic heterocycles. The molecule has 20 heavy (non-hydrogen) atoms. The number of esters is 1. The molecule has 4 nitrogen and oxygen atoms in total. The summed E-state index contributed by atoms with van der Waals surface area (Å²) in [5, 5.41) is 10.1. The van der Waals surface area contributed by atoms with Gasteiger partial charge in [-0.2, -0.15) is 0 Å². The first kappa shape index (κ1) is 14.2. The molecule has 5 heteroatoms. The van der Waals surface area contributed by atoms with E-state index in [9.17, 15) is 14.3 Å². The molecule has 1 aromatic carbocycles. The Morgan fingerprint density at radius 2 is 2.20 bits per heavy atom. The Hall–Kier alpha value is -2.17. The Morgan fingerprint density at radius 3 is 2.80 bits per heavy atom. The minimum Gasteiger partial charge on any atom is -0.506 e. The van der Waals surface area contributed by atoms with Crippen molar-refractivity contribution in [3.63, 3.8) is 0 Å². The third-order valence-electron chi connectivity index (χ3n) is 2.84. The highest BCUT2D eigenvalue weighted by Gasteiger charge is 2.22. The lowest BCUT2D eigenvalue weighted by Crippen LogP contribution is -2.12. The highest BCUT2D eigenvalue weighted by molar-refractivity contribution is 6.15. The molecule has 1 aromatic rings. The molecule has 2 rings (SSSR count). The molecule has 1 aliphatic carbocycles. The lowest BCUT2D eigenvalue weighted by molar-refractivity contribution is -0.137. The van der Waals surface area contributed by atoms with Gasteiger partial charge in [-0.1, -0.05) is 12.1 Å². The first-order valence-electron chi connectivity index (χ1n) is 6.52. The van der Waals surface area contributed by atoms with Crippen LogP contribution in [0.25, 0.3) is 5.76 Å². The van der Waals surface area contributed by atoms with Crippen molar-refractivity contribution in [3.05, 3.63) is 41.2 Å². The van der Waals surface area contributed by atoms with Gasteiger partial charge in [-0.3, -0.25) is 4.99 Å². The molecule has 0 atom stereocenters. The van der Waals surface area contributed by atoms with Gasteiger partial charge in [-0.25, -0.2) is 9.18 Å². The van der Waals surface area contributed by atoms with Crippen molar-refractivity contribution in [1.29, 1.82) is 0 Å². The molecule has 1 saturated carbocycles. The largest absolute Gasteiger partial charge is 0.506 e. The van der Waals surface area contributed by atoms with Crippen LogP contribution in [0, 0.1) is 5.82 Å². The Kier molecular flexibility index (Phi) is 4.50. The van der Waals surface area contributed by atoms with E-state index in [1.165, 1.54) is 24.4 Å². The van der Waals surface area contributed by atoms with Gasteiger partial charge in [0, 0.05) is 6.21 Å². The predicted molar refractivity (Wildman–Crippen MR) is 74.1 cm³/mol. The van der Waals surface area contributed by atoms with E-state index in [1.807, 2.05) is 0 Å². The predicted octanol–water partition coefficient (Wildman–Crippen LogP) is 2.89. The van der Waals surface area contributed by atoms with Crippen molar-refractivity contribution < 1.29 is 19.0 Å². The standard InChI is InChI=1S/C15H16FNO3/c1-2-20-15(19)12(9-17-10-7-8-10)14(18)11-5-3-4-6-13(11)16/h3-6,9-10,18H,2,7-8H2,1H3/b14-12-,17-9?. The molecule has 1 fully saturated rings. The number of halogens is 1. The number of hydrogen-bond donors (Lipinski definition) is 1. The Balaban J connectivity index is 2.38. The smallest absolute Gasteiger partial charge is 0.343 e. The fraction of sp³-hybridized carbons (Fsp3) is 0.333. The van der Waals surface area contributed by atoms with Crippen molar-refractivity contribution in [2.24, 2.45) is 4.99 Å². The summed E-state index contributed by atoms with van der Waals surface area (Å²) in [5.41, 5.74) is -0.165. The number of aliphatic hydroxyl groups excluding tert-OH is 1. The van der Waals surface area contributed by atoms with Gasteiger partial charge in [0.25, 0.3) is 0 Å². The molecule has 0 unspecified atom stereocenters. The van der Waals surface area contributed by atoms with Crippen LogP contribution in [-0.4, -0.2) is 29.9 Å². The fourth-order valence-electron chi connectivity index (χ4n) is 1.62. The van der Waals surface area contributed by atoms with Gasteiger partial charge < -0.3 is 9.84 Å². The minimum atomic E-state index is -0.711. The number of ether oxygens (including phenoxy) is 1. The second-order valence-corrected chi connectivity index (χ2v) is 4.47. The molecule has 0 saturated heterocycles. The van der Waals surface area contributed by atoms with Crippen LogP contribution in [0.3, 0.4) is 0 Å². The summed E-state index contributed by atoms with van der Waals surface area (Å²) >= 11 is 0. The van der Waals surface area contributed by atoms with Crippen molar-refractivity contribution in [2.45, 2.75) is 25.8 Å². The topological polar surface area (TPSA) is 58.9 Å². The van der Waals surface area contributed by atoms with Gasteiger partial charge in [-0.05, 0) is 31.9 Å². The van der Waals surface area contributed by atoms with E-state index in [1.54, 1.807) is 13.0 Å². The number of carbonyl (C=O) groups is 1. The average molecular weight is 277 g/mol. The zero-order valence-corrected chi connectivity index (χ0v) is 11.2. The number of carbonyl (C=O) groups excluding carboxylic acids is 1. The first-order chi connectivity index (χ1) is 9.63. The summed E-state index contributed by atoms with van der Waals surface area (Å²) in [6.45, 7) is 1.83. The fourth-order valence-corrected chi connectivity index (χ4v) is 1.62. The van der Waals surface area contributed by atoms with Crippen LogP contribution in [0.5, 0.6) is 0 Å². The number of nitrogens with zero attached hydrogens (tertiary/aromatic N) is 1.